The highest BCUT2D eigenvalue weighted by Gasteiger charge is 2.25. The summed E-state index contributed by atoms with van der Waals surface area (Å²) in [6.45, 7) is 7.23. The van der Waals surface area contributed by atoms with E-state index in [1.807, 2.05) is 6.08 Å². The minimum absolute atomic E-state index is 0.414. The van der Waals surface area contributed by atoms with E-state index in [0.717, 1.165) is 6.42 Å². The maximum Gasteiger partial charge on any atom is 0.0258 e. The molecule has 0 aromatic carbocycles. The minimum atomic E-state index is 0.414. The highest BCUT2D eigenvalue weighted by Crippen LogP contribution is 2.31. The van der Waals surface area contributed by atoms with Gasteiger partial charge in [0.15, 0.2) is 0 Å². The molecule has 0 aromatic heterocycles. The first-order chi connectivity index (χ1) is 5.66. The van der Waals surface area contributed by atoms with Gasteiger partial charge < -0.3 is 4.90 Å². The van der Waals surface area contributed by atoms with Crippen LogP contribution in [0.1, 0.15) is 26.2 Å². The zero-order valence-electron chi connectivity index (χ0n) is 8.21. The molecule has 68 valence electrons. The molecule has 0 amide bonds. The van der Waals surface area contributed by atoms with Gasteiger partial charge in [0.1, 0.15) is 0 Å². The molecule has 1 atom stereocenters. The van der Waals surface area contributed by atoms with Gasteiger partial charge in [0, 0.05) is 19.0 Å². The van der Waals surface area contributed by atoms with Gasteiger partial charge in [-0.15, -0.1) is 6.58 Å². The van der Waals surface area contributed by atoms with Crippen molar-refractivity contribution in [2.75, 3.05) is 13.6 Å². The molecular formula is C11H19N. The Labute approximate surface area is 75.8 Å². The first kappa shape index (κ1) is 9.37. The maximum atomic E-state index is 3.73. The number of hydrogen-bond acceptors (Lipinski definition) is 1. The molecule has 1 nitrogen and oxygen atoms in total. The number of nitrogens with zero attached hydrogens (tertiary/aromatic N) is 1. The number of allylic oxidation sites excluding steroid dienone is 1. The van der Waals surface area contributed by atoms with Gasteiger partial charge in [0.2, 0.25) is 0 Å². The van der Waals surface area contributed by atoms with Crippen LogP contribution in [0.4, 0.5) is 0 Å². The molecule has 12 heavy (non-hydrogen) atoms. The third kappa shape index (κ3) is 2.40. The van der Waals surface area contributed by atoms with E-state index in [2.05, 4.69) is 37.7 Å². The van der Waals surface area contributed by atoms with E-state index in [1.54, 1.807) is 0 Å². The second-order valence-electron chi connectivity index (χ2n) is 4.07. The van der Waals surface area contributed by atoms with Crippen LogP contribution in [0.5, 0.6) is 0 Å². The number of rotatable bonds is 4. The van der Waals surface area contributed by atoms with Crippen molar-refractivity contribution >= 4 is 0 Å². The molecule has 0 spiro atoms. The lowest BCUT2D eigenvalue weighted by Gasteiger charge is -2.23. The molecule has 0 aromatic rings. The number of hydrogen-bond donors (Lipinski definition) is 0. The van der Waals surface area contributed by atoms with Crippen molar-refractivity contribution in [3.05, 3.63) is 24.9 Å². The van der Waals surface area contributed by atoms with Crippen molar-refractivity contribution in [2.24, 2.45) is 5.41 Å². The van der Waals surface area contributed by atoms with Crippen molar-refractivity contribution in [3.63, 3.8) is 0 Å². The highest BCUT2D eigenvalue weighted by atomic mass is 15.1. The smallest absolute Gasteiger partial charge is 0.0258 e. The Bertz CT molecular complexity index is 183. The molecule has 0 saturated carbocycles. The molecular weight excluding hydrogens is 146 g/mol. The van der Waals surface area contributed by atoms with Crippen molar-refractivity contribution in [1.82, 2.24) is 4.90 Å². The Morgan fingerprint density at radius 2 is 2.42 bits per heavy atom. The zero-order chi connectivity index (χ0) is 9.03. The molecule has 1 aliphatic heterocycles. The largest absolute Gasteiger partial charge is 0.380 e. The molecule has 1 unspecified atom stereocenters. The highest BCUT2D eigenvalue weighted by molar-refractivity contribution is 5.05. The SMILES string of the molecule is C=CCCCC1(C)C=CN(C)C1. The van der Waals surface area contributed by atoms with Crippen LogP contribution >= 0.6 is 0 Å². The van der Waals surface area contributed by atoms with Crippen LogP contribution in [-0.2, 0) is 0 Å². The van der Waals surface area contributed by atoms with Crippen LogP contribution in [-0.4, -0.2) is 18.5 Å². The lowest BCUT2D eigenvalue weighted by atomic mass is 9.86. The van der Waals surface area contributed by atoms with Gasteiger partial charge >= 0.3 is 0 Å². The second-order valence-corrected chi connectivity index (χ2v) is 4.07. The van der Waals surface area contributed by atoms with E-state index < -0.39 is 0 Å². The Morgan fingerprint density at radius 3 is 2.92 bits per heavy atom. The summed E-state index contributed by atoms with van der Waals surface area (Å²) in [5.41, 5.74) is 0.414. The molecule has 0 bridgehead atoms. The van der Waals surface area contributed by atoms with Gasteiger partial charge in [-0.2, -0.15) is 0 Å². The van der Waals surface area contributed by atoms with Crippen molar-refractivity contribution < 1.29 is 0 Å². The molecule has 0 fully saturated rings. The molecule has 1 rings (SSSR count). The second kappa shape index (κ2) is 3.79. The van der Waals surface area contributed by atoms with Crippen molar-refractivity contribution in [1.29, 1.82) is 0 Å². The van der Waals surface area contributed by atoms with E-state index in [0.29, 0.717) is 5.41 Å². The minimum Gasteiger partial charge on any atom is -0.380 e. The molecule has 0 radical (unpaired) electrons. The predicted octanol–water partition coefficient (Wildman–Crippen LogP) is 2.81. The lowest BCUT2D eigenvalue weighted by Crippen LogP contribution is -2.22. The normalized spacial score (nSPS) is 28.0. The van der Waals surface area contributed by atoms with E-state index in [9.17, 15) is 0 Å². The Morgan fingerprint density at radius 1 is 1.67 bits per heavy atom. The Balaban J connectivity index is 2.31. The zero-order valence-corrected chi connectivity index (χ0v) is 8.21. The van der Waals surface area contributed by atoms with Gasteiger partial charge in [0.25, 0.3) is 0 Å². The molecule has 0 N–H and O–H groups in total. The van der Waals surface area contributed by atoms with Crippen LogP contribution < -0.4 is 0 Å². The quantitative estimate of drug-likeness (QED) is 0.457. The van der Waals surface area contributed by atoms with E-state index >= 15 is 0 Å². The summed E-state index contributed by atoms with van der Waals surface area (Å²) in [6.07, 6.45) is 10.2. The van der Waals surface area contributed by atoms with E-state index in [1.165, 1.54) is 19.4 Å². The van der Waals surface area contributed by atoms with Gasteiger partial charge in [-0.25, -0.2) is 0 Å². The van der Waals surface area contributed by atoms with Gasteiger partial charge in [-0.3, -0.25) is 0 Å². The first-order valence-corrected chi connectivity index (χ1v) is 4.67. The molecule has 1 heteroatoms. The lowest BCUT2D eigenvalue weighted by molar-refractivity contribution is 0.312. The third-order valence-electron chi connectivity index (χ3n) is 2.50. The van der Waals surface area contributed by atoms with Crippen LogP contribution in [0.3, 0.4) is 0 Å². The summed E-state index contributed by atoms with van der Waals surface area (Å²) >= 11 is 0. The summed E-state index contributed by atoms with van der Waals surface area (Å²) in [4.78, 5) is 2.26. The van der Waals surface area contributed by atoms with E-state index in [-0.39, 0.29) is 0 Å². The summed E-state index contributed by atoms with van der Waals surface area (Å²) < 4.78 is 0. The summed E-state index contributed by atoms with van der Waals surface area (Å²) in [5.74, 6) is 0. The average molecular weight is 165 g/mol. The maximum absolute atomic E-state index is 3.73. The van der Waals surface area contributed by atoms with Crippen LogP contribution in [0, 0.1) is 5.41 Å². The molecule has 0 saturated heterocycles. The Hall–Kier alpha value is -0.720. The van der Waals surface area contributed by atoms with E-state index in [4.69, 9.17) is 0 Å². The molecule has 1 aliphatic rings. The third-order valence-corrected chi connectivity index (χ3v) is 2.50. The molecule has 0 aliphatic carbocycles. The van der Waals surface area contributed by atoms with Crippen LogP contribution in [0.2, 0.25) is 0 Å². The summed E-state index contributed by atoms with van der Waals surface area (Å²) in [7, 11) is 2.13. The van der Waals surface area contributed by atoms with Crippen LogP contribution in [0.25, 0.3) is 0 Å². The van der Waals surface area contributed by atoms with Gasteiger partial charge in [-0.1, -0.05) is 19.1 Å². The van der Waals surface area contributed by atoms with Gasteiger partial charge in [-0.05, 0) is 25.5 Å². The fraction of sp³-hybridized carbons (Fsp3) is 0.636. The fourth-order valence-electron chi connectivity index (χ4n) is 1.79. The predicted molar refractivity (Wildman–Crippen MR) is 53.9 cm³/mol. The fourth-order valence-corrected chi connectivity index (χ4v) is 1.79. The summed E-state index contributed by atoms with van der Waals surface area (Å²) in [5, 5.41) is 0. The number of unbranched alkanes of at least 4 members (excludes halogenated alkanes) is 1. The van der Waals surface area contributed by atoms with Gasteiger partial charge in [0.05, 0.1) is 0 Å². The topological polar surface area (TPSA) is 3.24 Å². The first-order valence-electron chi connectivity index (χ1n) is 4.67. The average Bonchev–Trinajstić information content (AvgIpc) is 2.32. The summed E-state index contributed by atoms with van der Waals surface area (Å²) in [6, 6.07) is 0. The van der Waals surface area contributed by atoms with Crippen molar-refractivity contribution in [2.45, 2.75) is 26.2 Å². The van der Waals surface area contributed by atoms with Crippen molar-refractivity contribution in [3.8, 4) is 0 Å². The molecule has 1 heterocycles. The standard InChI is InChI=1S/C11H19N/c1-4-5-6-7-11(2)8-9-12(3)10-11/h4,8-9H,1,5-7,10H2,2-3H3. The van der Waals surface area contributed by atoms with Crippen LogP contribution in [0.15, 0.2) is 24.9 Å². The Kier molecular flexibility index (Phi) is 2.96. The monoisotopic (exact) mass is 165 g/mol.